The Bertz CT molecular complexity index is 407. The van der Waals surface area contributed by atoms with Gasteiger partial charge in [-0.1, -0.05) is 6.92 Å². The average Bonchev–Trinajstić information content (AvgIpc) is 2.78. The zero-order valence-electron chi connectivity index (χ0n) is 11.6. The SMILES string of the molecule is CC(CCN)CCC(=O)Nc1nc2c(s1)CCCC2. The number of fused-ring (bicyclic) bond motifs is 1. The number of aromatic nitrogens is 1. The van der Waals surface area contributed by atoms with Gasteiger partial charge in [-0.2, -0.15) is 0 Å². The van der Waals surface area contributed by atoms with Gasteiger partial charge in [0.1, 0.15) is 0 Å². The molecular formula is C14H23N3OS. The summed E-state index contributed by atoms with van der Waals surface area (Å²) >= 11 is 1.65. The Morgan fingerprint density at radius 2 is 2.21 bits per heavy atom. The van der Waals surface area contributed by atoms with Gasteiger partial charge in [-0.3, -0.25) is 4.79 Å². The molecule has 1 aliphatic carbocycles. The van der Waals surface area contributed by atoms with Crippen LogP contribution in [0.2, 0.25) is 0 Å². The smallest absolute Gasteiger partial charge is 0.226 e. The van der Waals surface area contributed by atoms with Crippen LogP contribution in [-0.2, 0) is 17.6 Å². The Morgan fingerprint density at radius 3 is 2.95 bits per heavy atom. The van der Waals surface area contributed by atoms with E-state index in [0.29, 0.717) is 18.9 Å². The van der Waals surface area contributed by atoms with Crippen LogP contribution >= 0.6 is 11.3 Å². The summed E-state index contributed by atoms with van der Waals surface area (Å²) in [6, 6.07) is 0. The first kappa shape index (κ1) is 14.5. The Balaban J connectivity index is 1.80. The van der Waals surface area contributed by atoms with E-state index in [0.717, 1.165) is 30.8 Å². The number of nitrogens with two attached hydrogens (primary N) is 1. The van der Waals surface area contributed by atoms with Crippen LogP contribution in [-0.4, -0.2) is 17.4 Å². The van der Waals surface area contributed by atoms with Crippen molar-refractivity contribution in [1.82, 2.24) is 4.98 Å². The van der Waals surface area contributed by atoms with Crippen LogP contribution in [0.25, 0.3) is 0 Å². The van der Waals surface area contributed by atoms with Crippen molar-refractivity contribution in [2.75, 3.05) is 11.9 Å². The van der Waals surface area contributed by atoms with E-state index in [9.17, 15) is 4.79 Å². The first-order chi connectivity index (χ1) is 9.19. The maximum absolute atomic E-state index is 11.9. The number of aryl methyl sites for hydroxylation is 2. The topological polar surface area (TPSA) is 68.0 Å². The molecule has 0 saturated carbocycles. The molecule has 0 fully saturated rings. The average molecular weight is 281 g/mol. The number of hydrogen-bond acceptors (Lipinski definition) is 4. The second kappa shape index (κ2) is 7.01. The Hall–Kier alpha value is -0.940. The number of nitrogens with zero attached hydrogens (tertiary/aromatic N) is 1. The summed E-state index contributed by atoms with van der Waals surface area (Å²) in [6.45, 7) is 2.84. The number of hydrogen-bond donors (Lipinski definition) is 2. The number of carbonyl (C=O) groups excluding carboxylic acids is 1. The standard InChI is InChI=1S/C14H23N3OS/c1-10(8-9-15)6-7-13(18)17-14-16-11-4-2-3-5-12(11)19-14/h10H,2-9,15H2,1H3,(H,16,17,18). The minimum atomic E-state index is 0.0787. The molecule has 1 unspecified atom stereocenters. The monoisotopic (exact) mass is 281 g/mol. The zero-order chi connectivity index (χ0) is 13.7. The van der Waals surface area contributed by atoms with Crippen molar-refractivity contribution in [3.63, 3.8) is 0 Å². The van der Waals surface area contributed by atoms with E-state index >= 15 is 0 Å². The highest BCUT2D eigenvalue weighted by atomic mass is 32.1. The minimum Gasteiger partial charge on any atom is -0.330 e. The quantitative estimate of drug-likeness (QED) is 0.842. The predicted molar refractivity (Wildman–Crippen MR) is 79.5 cm³/mol. The van der Waals surface area contributed by atoms with E-state index in [-0.39, 0.29) is 5.91 Å². The highest BCUT2D eigenvalue weighted by Gasteiger charge is 2.16. The highest BCUT2D eigenvalue weighted by molar-refractivity contribution is 7.15. The van der Waals surface area contributed by atoms with Gasteiger partial charge in [0, 0.05) is 11.3 Å². The molecule has 0 aromatic carbocycles. The Morgan fingerprint density at radius 1 is 1.42 bits per heavy atom. The second-order valence-corrected chi connectivity index (χ2v) is 6.45. The first-order valence-corrected chi connectivity index (χ1v) is 7.99. The molecule has 5 heteroatoms. The summed E-state index contributed by atoms with van der Waals surface area (Å²) in [5.74, 6) is 0.593. The number of carbonyl (C=O) groups is 1. The lowest BCUT2D eigenvalue weighted by atomic mass is 10.0. The molecule has 0 radical (unpaired) electrons. The van der Waals surface area contributed by atoms with Gasteiger partial charge in [0.25, 0.3) is 0 Å². The number of anilines is 1. The van der Waals surface area contributed by atoms with Crippen molar-refractivity contribution in [3.05, 3.63) is 10.6 Å². The van der Waals surface area contributed by atoms with Crippen molar-refractivity contribution >= 4 is 22.4 Å². The van der Waals surface area contributed by atoms with Crippen molar-refractivity contribution in [2.24, 2.45) is 11.7 Å². The molecule has 19 heavy (non-hydrogen) atoms. The van der Waals surface area contributed by atoms with Crippen LogP contribution in [0.3, 0.4) is 0 Å². The first-order valence-electron chi connectivity index (χ1n) is 7.17. The number of amides is 1. The fourth-order valence-electron chi connectivity index (χ4n) is 2.39. The third-order valence-corrected chi connectivity index (χ3v) is 4.69. The highest BCUT2D eigenvalue weighted by Crippen LogP contribution is 2.29. The second-order valence-electron chi connectivity index (χ2n) is 5.37. The fraction of sp³-hybridized carbons (Fsp3) is 0.714. The van der Waals surface area contributed by atoms with Crippen LogP contribution in [0.1, 0.15) is 49.6 Å². The molecule has 0 aliphatic heterocycles. The molecule has 0 spiro atoms. The molecule has 1 aromatic heterocycles. The van der Waals surface area contributed by atoms with Crippen LogP contribution in [0.4, 0.5) is 5.13 Å². The molecule has 1 heterocycles. The van der Waals surface area contributed by atoms with Crippen molar-refractivity contribution < 1.29 is 4.79 Å². The van der Waals surface area contributed by atoms with Gasteiger partial charge in [-0.25, -0.2) is 4.98 Å². The maximum atomic E-state index is 11.9. The van der Waals surface area contributed by atoms with E-state index in [2.05, 4.69) is 17.2 Å². The van der Waals surface area contributed by atoms with Gasteiger partial charge in [-0.15, -0.1) is 11.3 Å². The van der Waals surface area contributed by atoms with Crippen molar-refractivity contribution in [3.8, 4) is 0 Å². The van der Waals surface area contributed by atoms with Gasteiger partial charge in [-0.05, 0) is 51.0 Å². The third kappa shape index (κ3) is 4.28. The van der Waals surface area contributed by atoms with Crippen molar-refractivity contribution in [2.45, 2.75) is 51.9 Å². The van der Waals surface area contributed by atoms with E-state index in [4.69, 9.17) is 5.73 Å². The van der Waals surface area contributed by atoms with Crippen LogP contribution in [0.15, 0.2) is 0 Å². The van der Waals surface area contributed by atoms with E-state index in [1.54, 1.807) is 11.3 Å². The summed E-state index contributed by atoms with van der Waals surface area (Å²) in [6.07, 6.45) is 7.10. The molecule has 1 amide bonds. The van der Waals surface area contributed by atoms with Gasteiger partial charge >= 0.3 is 0 Å². The maximum Gasteiger partial charge on any atom is 0.226 e. The molecule has 0 saturated heterocycles. The predicted octanol–water partition coefficient (Wildman–Crippen LogP) is 2.73. The van der Waals surface area contributed by atoms with Gasteiger partial charge < -0.3 is 11.1 Å². The summed E-state index contributed by atoms with van der Waals surface area (Å²) in [7, 11) is 0. The van der Waals surface area contributed by atoms with Gasteiger partial charge in [0.05, 0.1) is 5.69 Å². The lowest BCUT2D eigenvalue weighted by molar-refractivity contribution is -0.116. The minimum absolute atomic E-state index is 0.0787. The molecule has 4 nitrogen and oxygen atoms in total. The van der Waals surface area contributed by atoms with Gasteiger partial charge in [0.2, 0.25) is 5.91 Å². The summed E-state index contributed by atoms with van der Waals surface area (Å²) in [5, 5.41) is 3.71. The summed E-state index contributed by atoms with van der Waals surface area (Å²) in [5.41, 5.74) is 6.70. The van der Waals surface area contributed by atoms with Gasteiger partial charge in [0.15, 0.2) is 5.13 Å². The molecule has 1 aromatic rings. The molecule has 2 rings (SSSR count). The Labute approximate surface area is 118 Å². The van der Waals surface area contributed by atoms with E-state index in [1.165, 1.54) is 23.4 Å². The molecular weight excluding hydrogens is 258 g/mol. The van der Waals surface area contributed by atoms with Crippen molar-refractivity contribution in [1.29, 1.82) is 0 Å². The largest absolute Gasteiger partial charge is 0.330 e. The normalized spacial score (nSPS) is 15.9. The zero-order valence-corrected chi connectivity index (χ0v) is 12.4. The third-order valence-electron chi connectivity index (χ3n) is 3.62. The molecule has 0 bridgehead atoms. The lowest BCUT2D eigenvalue weighted by Gasteiger charge is -2.08. The lowest BCUT2D eigenvalue weighted by Crippen LogP contribution is -2.14. The van der Waals surface area contributed by atoms with E-state index < -0.39 is 0 Å². The Kier molecular flexibility index (Phi) is 5.34. The molecule has 1 atom stereocenters. The molecule has 106 valence electrons. The number of thiazole rings is 1. The number of rotatable bonds is 6. The number of nitrogens with one attached hydrogen (secondary N) is 1. The summed E-state index contributed by atoms with van der Waals surface area (Å²) < 4.78 is 0. The van der Waals surface area contributed by atoms with Crippen LogP contribution < -0.4 is 11.1 Å². The van der Waals surface area contributed by atoms with E-state index in [1.807, 2.05) is 0 Å². The molecule has 3 N–H and O–H groups in total. The summed E-state index contributed by atoms with van der Waals surface area (Å²) in [4.78, 5) is 17.7. The fourth-order valence-corrected chi connectivity index (χ4v) is 3.46. The van der Waals surface area contributed by atoms with Crippen LogP contribution in [0, 0.1) is 5.92 Å². The van der Waals surface area contributed by atoms with Crippen LogP contribution in [0.5, 0.6) is 0 Å². The molecule has 1 aliphatic rings.